The fourth-order valence-electron chi connectivity index (χ4n) is 1.45. The van der Waals surface area contributed by atoms with Crippen LogP contribution >= 0.6 is 22.6 Å². The molecule has 0 spiro atoms. The third-order valence-electron chi connectivity index (χ3n) is 2.22. The average Bonchev–Trinajstić information content (AvgIpc) is 2.36. The summed E-state index contributed by atoms with van der Waals surface area (Å²) in [6.07, 6.45) is 0.368. The quantitative estimate of drug-likeness (QED) is 0.639. The van der Waals surface area contributed by atoms with Crippen LogP contribution in [-0.2, 0) is 0 Å². The van der Waals surface area contributed by atoms with E-state index in [0.29, 0.717) is 17.6 Å². The van der Waals surface area contributed by atoms with E-state index in [1.165, 1.54) is 0 Å². The molecule has 2 rings (SSSR count). The largest absolute Gasteiger partial charge is 0.412 e. The molecule has 1 aromatic carbocycles. The van der Waals surface area contributed by atoms with Crippen molar-refractivity contribution in [1.29, 1.82) is 0 Å². The van der Waals surface area contributed by atoms with Crippen molar-refractivity contribution in [1.82, 2.24) is 0 Å². The van der Waals surface area contributed by atoms with Crippen LogP contribution in [0.1, 0.15) is 12.2 Å². The third-order valence-corrected chi connectivity index (χ3v) is 3.29. The first kappa shape index (κ1) is 12.1. The smallest absolute Gasteiger partial charge is 0.344 e. The van der Waals surface area contributed by atoms with Crippen LogP contribution in [0.25, 0.3) is 10.8 Å². The van der Waals surface area contributed by atoms with Gasteiger partial charge in [-0.15, -0.1) is 0 Å². The molecule has 0 saturated carbocycles. The predicted octanol–water partition coefficient (Wildman–Crippen LogP) is 2.13. The molecule has 4 heteroatoms. The number of hydrogen-bond acceptors (Lipinski definition) is 3. The minimum Gasteiger partial charge on any atom is -0.412 e. The first-order valence-corrected chi connectivity index (χ1v) is 6.13. The maximum Gasteiger partial charge on any atom is 0.344 e. The van der Waals surface area contributed by atoms with Gasteiger partial charge in [-0.3, -0.25) is 0 Å². The lowest BCUT2D eigenvalue weighted by Gasteiger charge is -2.00. The second-order valence-corrected chi connectivity index (χ2v) is 4.43. The molecule has 0 fully saturated rings. The molecule has 0 saturated heterocycles. The lowest BCUT2D eigenvalue weighted by Crippen LogP contribution is -2.03. The summed E-state index contributed by atoms with van der Waals surface area (Å²) in [5.41, 5.74) is -0.380. The van der Waals surface area contributed by atoms with Crippen molar-refractivity contribution in [3.63, 3.8) is 0 Å². The number of fused-ring (bicyclic) bond motifs is 1. The summed E-state index contributed by atoms with van der Waals surface area (Å²) < 4.78 is 5.97. The van der Waals surface area contributed by atoms with E-state index in [1.807, 2.05) is 12.1 Å². The highest BCUT2D eigenvalue weighted by atomic mass is 127. The van der Waals surface area contributed by atoms with Crippen LogP contribution in [-0.4, -0.2) is 11.7 Å². The second kappa shape index (κ2) is 5.34. The van der Waals surface area contributed by atoms with Crippen molar-refractivity contribution in [3.05, 3.63) is 44.0 Å². The molecule has 3 nitrogen and oxygen atoms in total. The zero-order chi connectivity index (χ0) is 12.3. The summed E-state index contributed by atoms with van der Waals surface area (Å²) >= 11 is 2.11. The number of rotatable bonds is 1. The highest BCUT2D eigenvalue weighted by molar-refractivity contribution is 14.1. The Morgan fingerprint density at radius 3 is 2.71 bits per heavy atom. The molecule has 2 aromatic rings. The molecule has 0 aliphatic carbocycles. The van der Waals surface area contributed by atoms with Crippen LogP contribution in [0.2, 0.25) is 0 Å². The summed E-state index contributed by atoms with van der Waals surface area (Å²) in [5, 5.41) is 10.0. The average molecular weight is 340 g/mol. The van der Waals surface area contributed by atoms with Gasteiger partial charge in [0.15, 0.2) is 5.76 Å². The topological polar surface area (TPSA) is 50.4 Å². The van der Waals surface area contributed by atoms with Gasteiger partial charge in [-0.05, 0) is 34.6 Å². The molecule has 0 aliphatic rings. The zero-order valence-electron chi connectivity index (χ0n) is 8.87. The van der Waals surface area contributed by atoms with E-state index >= 15 is 0 Å². The monoisotopic (exact) mass is 340 g/mol. The van der Waals surface area contributed by atoms with E-state index in [2.05, 4.69) is 34.4 Å². The van der Waals surface area contributed by atoms with Crippen LogP contribution < -0.4 is 5.63 Å². The van der Waals surface area contributed by atoms with Gasteiger partial charge in [-0.2, -0.15) is 0 Å². The Labute approximate surface area is 112 Å². The highest BCUT2D eigenvalue weighted by Crippen LogP contribution is 2.20. The molecular weight excluding hydrogens is 331 g/mol. The first-order chi connectivity index (χ1) is 8.24. The van der Waals surface area contributed by atoms with E-state index in [0.717, 1.165) is 8.96 Å². The second-order valence-electron chi connectivity index (χ2n) is 3.35. The Hall–Kier alpha value is -1.32. The lowest BCUT2D eigenvalue weighted by atomic mass is 10.2. The lowest BCUT2D eigenvalue weighted by molar-refractivity contribution is 0.305. The van der Waals surface area contributed by atoms with E-state index in [4.69, 9.17) is 9.52 Å². The summed E-state index contributed by atoms with van der Waals surface area (Å²) in [6, 6.07) is 7.26. The van der Waals surface area contributed by atoms with E-state index in [-0.39, 0.29) is 12.2 Å². The van der Waals surface area contributed by atoms with Crippen LogP contribution in [0.3, 0.4) is 0 Å². The number of benzene rings is 1. The van der Waals surface area contributed by atoms with Crippen molar-refractivity contribution in [2.75, 3.05) is 6.61 Å². The van der Waals surface area contributed by atoms with Crippen LogP contribution in [0.4, 0.5) is 0 Å². The number of halogens is 1. The molecule has 0 bridgehead atoms. The van der Waals surface area contributed by atoms with E-state index in [9.17, 15) is 4.79 Å². The molecule has 1 aromatic heterocycles. The van der Waals surface area contributed by atoms with Gasteiger partial charge in [0.25, 0.3) is 0 Å². The molecule has 86 valence electrons. The van der Waals surface area contributed by atoms with Crippen LogP contribution in [0.5, 0.6) is 0 Å². The standard InChI is InChI=1S/C13H9IO3/c14-12-9-5-1-2-6-10(9)13(16)17-11(12)7-3-4-8-15/h1-2,5-6,15H,4,8H2. The van der Waals surface area contributed by atoms with Crippen molar-refractivity contribution >= 4 is 33.4 Å². The molecule has 1 N–H and O–H groups in total. The first-order valence-electron chi connectivity index (χ1n) is 5.05. The molecule has 0 amide bonds. The Morgan fingerprint density at radius 2 is 2.00 bits per heavy atom. The summed E-state index contributed by atoms with van der Waals surface area (Å²) in [6.45, 7) is 0.00138. The number of aliphatic hydroxyl groups is 1. The van der Waals surface area contributed by atoms with Gasteiger partial charge >= 0.3 is 5.63 Å². The van der Waals surface area contributed by atoms with Crippen molar-refractivity contribution in [3.8, 4) is 11.8 Å². The highest BCUT2D eigenvalue weighted by Gasteiger charge is 2.08. The van der Waals surface area contributed by atoms with Crippen LogP contribution in [0.15, 0.2) is 33.5 Å². The minimum absolute atomic E-state index is 0.00138. The van der Waals surface area contributed by atoms with Crippen molar-refractivity contribution in [2.24, 2.45) is 0 Å². The van der Waals surface area contributed by atoms with Gasteiger partial charge in [0, 0.05) is 11.8 Å². The maximum atomic E-state index is 11.7. The van der Waals surface area contributed by atoms with E-state index < -0.39 is 0 Å². The normalized spacial score (nSPS) is 10.0. The van der Waals surface area contributed by atoms with Gasteiger partial charge in [-0.1, -0.05) is 24.1 Å². The van der Waals surface area contributed by atoms with Gasteiger partial charge in [0.1, 0.15) is 0 Å². The summed E-state index contributed by atoms with van der Waals surface area (Å²) in [4.78, 5) is 11.7. The van der Waals surface area contributed by atoms with Gasteiger partial charge in [0.05, 0.1) is 15.6 Å². The summed E-state index contributed by atoms with van der Waals surface area (Å²) in [5.74, 6) is 5.87. The molecule has 0 atom stereocenters. The molecule has 0 aliphatic heterocycles. The molecule has 0 radical (unpaired) electrons. The predicted molar refractivity (Wildman–Crippen MR) is 73.8 cm³/mol. The maximum absolute atomic E-state index is 11.7. The summed E-state index contributed by atoms with van der Waals surface area (Å²) in [7, 11) is 0. The molecular formula is C13H9IO3. The number of hydrogen-bond donors (Lipinski definition) is 1. The van der Waals surface area contributed by atoms with E-state index in [1.54, 1.807) is 12.1 Å². The van der Waals surface area contributed by atoms with Crippen molar-refractivity contribution in [2.45, 2.75) is 6.42 Å². The Morgan fingerprint density at radius 1 is 1.29 bits per heavy atom. The zero-order valence-corrected chi connectivity index (χ0v) is 11.0. The third kappa shape index (κ3) is 2.51. The van der Waals surface area contributed by atoms with Crippen LogP contribution in [0, 0.1) is 15.4 Å². The van der Waals surface area contributed by atoms with Gasteiger partial charge < -0.3 is 9.52 Å². The Kier molecular flexibility index (Phi) is 3.82. The molecule has 17 heavy (non-hydrogen) atoms. The Balaban J connectivity index is 2.64. The molecule has 0 unspecified atom stereocenters. The minimum atomic E-state index is -0.380. The van der Waals surface area contributed by atoms with Gasteiger partial charge in [0.2, 0.25) is 0 Å². The molecule has 1 heterocycles. The SMILES string of the molecule is O=c1oc(C#CCCO)c(I)c2ccccc12. The Bertz CT molecular complexity index is 662. The van der Waals surface area contributed by atoms with Crippen molar-refractivity contribution < 1.29 is 9.52 Å². The van der Waals surface area contributed by atoms with Gasteiger partial charge in [-0.25, -0.2) is 4.79 Å². The fraction of sp³-hybridized carbons (Fsp3) is 0.154. The fourth-order valence-corrected chi connectivity index (χ4v) is 2.16. The number of aliphatic hydroxyl groups excluding tert-OH is 1.